The number of nitrogens with one attached hydrogen (secondary N) is 5. The highest BCUT2D eigenvalue weighted by molar-refractivity contribution is 6.25. The molecule has 2 aliphatic rings. The number of nitrogens with zero attached hydrogens (tertiary/aromatic N) is 6. The number of anilines is 3. The number of carbonyl (C=O) groups excluding carboxylic acids is 6. The van der Waals surface area contributed by atoms with E-state index in [4.69, 9.17) is 0 Å². The smallest absolute Gasteiger partial charge is 0.379 e. The van der Waals surface area contributed by atoms with Crippen LogP contribution in [0.25, 0.3) is 22.0 Å². The minimum Gasteiger partial charge on any atom is -0.379 e. The fourth-order valence-corrected chi connectivity index (χ4v) is 7.58. The van der Waals surface area contributed by atoms with Crippen LogP contribution in [0, 0.1) is 0 Å². The Morgan fingerprint density at radius 2 is 1.70 bits per heavy atom. The average molecular weight is 874 g/mol. The topological polar surface area (TPSA) is 222 Å². The van der Waals surface area contributed by atoms with Gasteiger partial charge in [-0.15, -0.1) is 5.10 Å². The van der Waals surface area contributed by atoms with E-state index in [1.807, 2.05) is 0 Å². The molecule has 64 heavy (non-hydrogen) atoms. The summed E-state index contributed by atoms with van der Waals surface area (Å²) in [6, 6.07) is 17.5. The predicted octanol–water partition coefficient (Wildman–Crippen LogP) is 5.23. The normalized spacial score (nSPS) is 14.9. The van der Waals surface area contributed by atoms with Gasteiger partial charge in [0.2, 0.25) is 11.8 Å². The molecule has 17 nitrogen and oxygen atoms in total. The number of amides is 6. The lowest BCUT2D eigenvalue weighted by atomic mass is 9.96. The minimum absolute atomic E-state index is 0.000301. The Labute approximate surface area is 361 Å². The number of pyridine rings is 2. The Balaban J connectivity index is 0.868. The molecule has 20 heteroatoms. The van der Waals surface area contributed by atoms with Gasteiger partial charge in [0.05, 0.1) is 46.2 Å². The van der Waals surface area contributed by atoms with E-state index >= 15 is 0 Å². The number of piperidine rings is 1. The SMILES string of the molecule is CNC(=O)c1cnc2cc(C(F)(F)F)c(-c3ccc(C(=O)NCCCCn4cc(CNc5cccc6c5C(=O)N(C5CCC(=O)NC5=O)C6=O)nn4)nc3)cc2c1Nc1ccccc1. The number of aryl methyl sites for hydroxylation is 1. The zero-order valence-corrected chi connectivity index (χ0v) is 34.0. The lowest BCUT2D eigenvalue weighted by Gasteiger charge is -2.27. The number of benzene rings is 3. The van der Waals surface area contributed by atoms with Crippen molar-refractivity contribution in [1.29, 1.82) is 0 Å². The zero-order chi connectivity index (χ0) is 45.1. The Morgan fingerprint density at radius 3 is 2.44 bits per heavy atom. The number of aromatic nitrogens is 5. The highest BCUT2D eigenvalue weighted by atomic mass is 19.4. The first-order valence-electron chi connectivity index (χ1n) is 20.1. The molecule has 1 unspecified atom stereocenters. The third-order valence-electron chi connectivity index (χ3n) is 10.7. The van der Waals surface area contributed by atoms with Gasteiger partial charge in [-0.3, -0.25) is 53.6 Å². The van der Waals surface area contributed by atoms with Crippen molar-refractivity contribution in [3.05, 3.63) is 125 Å². The maximum Gasteiger partial charge on any atom is 0.417 e. The standard InChI is InChI=1S/C44H38F3N11O6/c1-48-39(60)30-22-52-34-19-31(44(45,46)47)28(18-29(34)38(30)53-25-8-3-2-4-9-25)24-12-13-33(50-20-24)40(61)49-16-5-6-17-57-23-26(55-56-57)21-51-32-11-7-10-27-37(32)43(64)58(42(27)63)35-14-15-36(59)54-41(35)62/h2-4,7-13,18-20,22-23,35,51H,5-6,14-17,21H2,1H3,(H,48,60)(H,49,61)(H,52,53)(H,54,59,62). The van der Waals surface area contributed by atoms with E-state index < -0.39 is 53.2 Å². The minimum atomic E-state index is -4.77. The van der Waals surface area contributed by atoms with E-state index in [0.717, 1.165) is 11.0 Å². The van der Waals surface area contributed by atoms with Crippen molar-refractivity contribution < 1.29 is 41.9 Å². The van der Waals surface area contributed by atoms with Crippen LogP contribution in [0.5, 0.6) is 0 Å². The molecule has 8 rings (SSSR count). The molecule has 0 spiro atoms. The summed E-state index contributed by atoms with van der Waals surface area (Å²) < 4.78 is 45.1. The van der Waals surface area contributed by atoms with Crippen molar-refractivity contribution in [2.24, 2.45) is 0 Å². The summed E-state index contributed by atoms with van der Waals surface area (Å²) in [6.07, 6.45) is 0.566. The molecule has 6 amide bonds. The molecule has 2 aliphatic heterocycles. The van der Waals surface area contributed by atoms with Gasteiger partial charge in [-0.1, -0.05) is 35.5 Å². The van der Waals surface area contributed by atoms with Crippen molar-refractivity contribution in [2.75, 3.05) is 24.2 Å². The number of hydrogen-bond acceptors (Lipinski definition) is 12. The van der Waals surface area contributed by atoms with Crippen LogP contribution in [0.15, 0.2) is 91.4 Å². The number of halogens is 3. The molecular formula is C44H38F3N11O6. The summed E-state index contributed by atoms with van der Waals surface area (Å²) in [5.74, 6) is -3.40. The second-order valence-corrected chi connectivity index (χ2v) is 14.9. The van der Waals surface area contributed by atoms with Gasteiger partial charge in [-0.2, -0.15) is 13.2 Å². The summed E-state index contributed by atoms with van der Waals surface area (Å²) in [5, 5.41) is 22.4. The van der Waals surface area contributed by atoms with E-state index in [1.54, 1.807) is 53.3 Å². The maximum absolute atomic E-state index is 14.5. The van der Waals surface area contributed by atoms with Crippen molar-refractivity contribution in [1.82, 2.24) is 45.8 Å². The van der Waals surface area contributed by atoms with Gasteiger partial charge in [-0.05, 0) is 67.3 Å². The molecule has 5 N–H and O–H groups in total. The van der Waals surface area contributed by atoms with Crippen LogP contribution in [-0.2, 0) is 28.9 Å². The van der Waals surface area contributed by atoms with Crippen LogP contribution in [0.1, 0.15) is 78.5 Å². The summed E-state index contributed by atoms with van der Waals surface area (Å²) in [6.45, 7) is 0.896. The quantitative estimate of drug-likeness (QED) is 0.0701. The summed E-state index contributed by atoms with van der Waals surface area (Å²) in [7, 11) is 1.44. The second-order valence-electron chi connectivity index (χ2n) is 14.9. The van der Waals surface area contributed by atoms with Gasteiger partial charge in [-0.25, -0.2) is 0 Å². The monoisotopic (exact) mass is 873 g/mol. The molecule has 1 fully saturated rings. The molecule has 6 aromatic rings. The van der Waals surface area contributed by atoms with Crippen LogP contribution >= 0.6 is 0 Å². The summed E-state index contributed by atoms with van der Waals surface area (Å²) in [5.41, 5.74) is 1.12. The van der Waals surface area contributed by atoms with Gasteiger partial charge >= 0.3 is 6.18 Å². The highest BCUT2D eigenvalue weighted by Crippen LogP contribution is 2.42. The average Bonchev–Trinajstić information content (AvgIpc) is 3.85. The van der Waals surface area contributed by atoms with Gasteiger partial charge in [0.1, 0.15) is 17.4 Å². The molecule has 0 radical (unpaired) electrons. The summed E-state index contributed by atoms with van der Waals surface area (Å²) >= 11 is 0. The predicted molar refractivity (Wildman–Crippen MR) is 225 cm³/mol. The first-order valence-corrected chi connectivity index (χ1v) is 20.1. The van der Waals surface area contributed by atoms with Gasteiger partial charge in [0.15, 0.2) is 0 Å². The van der Waals surface area contributed by atoms with Gasteiger partial charge in [0.25, 0.3) is 23.6 Å². The first-order chi connectivity index (χ1) is 30.8. The molecule has 1 atom stereocenters. The zero-order valence-electron chi connectivity index (χ0n) is 34.0. The third-order valence-corrected chi connectivity index (χ3v) is 10.7. The molecule has 3 aromatic heterocycles. The van der Waals surface area contributed by atoms with Crippen LogP contribution in [0.4, 0.5) is 30.2 Å². The number of fused-ring (bicyclic) bond motifs is 2. The van der Waals surface area contributed by atoms with Crippen LogP contribution in [0.2, 0.25) is 0 Å². The highest BCUT2D eigenvalue weighted by Gasteiger charge is 2.45. The van der Waals surface area contributed by atoms with Crippen molar-refractivity contribution >= 4 is 63.4 Å². The molecule has 5 heterocycles. The number of hydrogen-bond donors (Lipinski definition) is 5. The van der Waals surface area contributed by atoms with Crippen LogP contribution in [0.3, 0.4) is 0 Å². The van der Waals surface area contributed by atoms with Crippen molar-refractivity contribution in [3.63, 3.8) is 0 Å². The number of unbranched alkanes of at least 4 members (excludes halogenated alkanes) is 1. The number of alkyl halides is 3. The molecule has 3 aromatic carbocycles. The van der Waals surface area contributed by atoms with Crippen molar-refractivity contribution in [3.8, 4) is 11.1 Å². The molecule has 0 saturated carbocycles. The number of imide groups is 2. The van der Waals surface area contributed by atoms with E-state index in [-0.39, 0.29) is 76.0 Å². The fraction of sp³-hybridized carbons (Fsp3) is 0.227. The van der Waals surface area contributed by atoms with E-state index in [9.17, 15) is 41.9 Å². The van der Waals surface area contributed by atoms with Crippen molar-refractivity contribution in [2.45, 2.75) is 51.0 Å². The second kappa shape index (κ2) is 17.8. The molecular weight excluding hydrogens is 836 g/mol. The lowest BCUT2D eigenvalue weighted by Crippen LogP contribution is -2.54. The molecule has 0 bridgehead atoms. The number of para-hydroxylation sites is 1. The Kier molecular flexibility index (Phi) is 11.8. The van der Waals surface area contributed by atoms with Crippen LogP contribution in [-0.4, -0.2) is 84.9 Å². The molecule has 1 saturated heterocycles. The van der Waals surface area contributed by atoms with E-state index in [2.05, 4.69) is 46.9 Å². The largest absolute Gasteiger partial charge is 0.417 e. The van der Waals surface area contributed by atoms with E-state index in [0.29, 0.717) is 36.5 Å². The third kappa shape index (κ3) is 8.69. The maximum atomic E-state index is 14.5. The molecule has 0 aliphatic carbocycles. The number of carbonyl (C=O) groups is 6. The van der Waals surface area contributed by atoms with Crippen LogP contribution < -0.4 is 26.6 Å². The van der Waals surface area contributed by atoms with Gasteiger partial charge < -0.3 is 21.3 Å². The van der Waals surface area contributed by atoms with Gasteiger partial charge in [0, 0.05) is 61.3 Å². The fourth-order valence-electron chi connectivity index (χ4n) is 7.58. The summed E-state index contributed by atoms with van der Waals surface area (Å²) in [4.78, 5) is 85.7. The Morgan fingerprint density at radius 1 is 0.891 bits per heavy atom. The van der Waals surface area contributed by atoms with E-state index in [1.165, 1.54) is 43.7 Å². The molecule has 326 valence electrons. The Bertz CT molecular complexity index is 2830. The number of rotatable bonds is 14. The lowest BCUT2D eigenvalue weighted by molar-refractivity contribution is -0.137. The Hall–Kier alpha value is -8.03. The first kappa shape index (κ1) is 42.7.